The number of nitrogens with two attached hydrogens (primary N) is 1. The molecule has 0 saturated carbocycles. The molecule has 3 amide bonds. The van der Waals surface area contributed by atoms with Gasteiger partial charge in [-0.25, -0.2) is 4.79 Å². The van der Waals surface area contributed by atoms with Gasteiger partial charge in [-0.15, -0.1) is 0 Å². The lowest BCUT2D eigenvalue weighted by Crippen LogP contribution is -2.57. The quantitative estimate of drug-likeness (QED) is 0.166. The minimum absolute atomic E-state index is 0.0345. The van der Waals surface area contributed by atoms with Gasteiger partial charge in [-0.05, 0) is 49.2 Å². The maximum atomic E-state index is 13.2. The average Bonchev–Trinajstić information content (AvgIpc) is 2.83. The number of aliphatic carboxylic acids is 2. The second-order valence-electron chi connectivity index (χ2n) is 9.16. The molecule has 0 aliphatic carbocycles. The summed E-state index contributed by atoms with van der Waals surface area (Å²) in [6, 6.07) is 4.90. The number of carbonyl (C=O) groups is 5. The molecule has 11 nitrogen and oxygen atoms in total. The third kappa shape index (κ3) is 12.6. The van der Waals surface area contributed by atoms with E-state index >= 15 is 0 Å². The predicted molar refractivity (Wildman–Crippen MR) is 141 cm³/mol. The van der Waals surface area contributed by atoms with Crippen LogP contribution in [0.3, 0.4) is 0 Å². The molecule has 0 fully saturated rings. The van der Waals surface area contributed by atoms with Crippen LogP contribution in [0.1, 0.15) is 45.1 Å². The highest BCUT2D eigenvalue weighted by molar-refractivity contribution is 7.98. The Morgan fingerprint density at radius 2 is 1.43 bits per heavy atom. The zero-order valence-electron chi connectivity index (χ0n) is 21.4. The molecule has 1 aromatic rings. The Hall–Kier alpha value is -3.12. The number of hydrogen-bond donors (Lipinski definition) is 6. The molecule has 12 heteroatoms. The van der Waals surface area contributed by atoms with Gasteiger partial charge >= 0.3 is 11.9 Å². The standard InChI is InChI=1S/C25H38N4O7S/c1-15(2)13-20(29-22(32)17(26)14-16-7-5-4-6-8-16)24(34)27-18(11-12-37-3)23(33)28-19(25(35)36)9-10-21(30)31/h4-8,15,17-20H,9-14,26H2,1-3H3,(H,27,34)(H,28,33)(H,29,32)(H,30,31)(H,35,36). The Morgan fingerprint density at radius 1 is 0.865 bits per heavy atom. The van der Waals surface area contributed by atoms with Gasteiger partial charge in [-0.1, -0.05) is 44.2 Å². The lowest BCUT2D eigenvalue weighted by atomic mass is 10.0. The highest BCUT2D eigenvalue weighted by Crippen LogP contribution is 2.09. The molecule has 7 N–H and O–H groups in total. The van der Waals surface area contributed by atoms with Crippen molar-refractivity contribution in [2.45, 2.75) is 70.1 Å². The predicted octanol–water partition coefficient (Wildman–Crippen LogP) is 0.759. The average molecular weight is 539 g/mol. The van der Waals surface area contributed by atoms with Gasteiger partial charge in [-0.3, -0.25) is 19.2 Å². The summed E-state index contributed by atoms with van der Waals surface area (Å²) in [5.74, 6) is -3.87. The van der Waals surface area contributed by atoms with Crippen molar-refractivity contribution in [1.82, 2.24) is 16.0 Å². The molecule has 0 aromatic heterocycles. The molecule has 0 bridgehead atoms. The molecule has 0 saturated heterocycles. The number of carbonyl (C=O) groups excluding carboxylic acids is 3. The second kappa shape index (κ2) is 16.6. The fraction of sp³-hybridized carbons (Fsp3) is 0.560. The molecule has 1 rings (SSSR count). The van der Waals surface area contributed by atoms with E-state index in [1.807, 2.05) is 50.4 Å². The van der Waals surface area contributed by atoms with Crippen LogP contribution >= 0.6 is 11.8 Å². The third-order valence-corrected chi connectivity index (χ3v) is 6.12. The topological polar surface area (TPSA) is 188 Å². The number of thioether (sulfide) groups is 1. The summed E-state index contributed by atoms with van der Waals surface area (Å²) in [4.78, 5) is 61.1. The first-order valence-electron chi connectivity index (χ1n) is 12.1. The van der Waals surface area contributed by atoms with Gasteiger partial charge in [0.2, 0.25) is 17.7 Å². The van der Waals surface area contributed by atoms with E-state index in [2.05, 4.69) is 16.0 Å². The van der Waals surface area contributed by atoms with Gasteiger partial charge in [0.15, 0.2) is 0 Å². The zero-order valence-corrected chi connectivity index (χ0v) is 22.3. The summed E-state index contributed by atoms with van der Waals surface area (Å²) in [5, 5.41) is 25.8. The number of carboxylic acid groups (broad SMARTS) is 2. The van der Waals surface area contributed by atoms with E-state index in [0.717, 1.165) is 5.56 Å². The van der Waals surface area contributed by atoms with Crippen molar-refractivity contribution in [3.05, 3.63) is 35.9 Å². The van der Waals surface area contributed by atoms with Gasteiger partial charge in [-0.2, -0.15) is 11.8 Å². The van der Waals surface area contributed by atoms with Gasteiger partial charge < -0.3 is 31.9 Å². The minimum Gasteiger partial charge on any atom is -0.481 e. The molecular formula is C25H38N4O7S. The monoisotopic (exact) mass is 538 g/mol. The maximum Gasteiger partial charge on any atom is 0.326 e. The highest BCUT2D eigenvalue weighted by atomic mass is 32.2. The summed E-state index contributed by atoms with van der Waals surface area (Å²) in [7, 11) is 0. The van der Waals surface area contributed by atoms with Crippen LogP contribution in [0.25, 0.3) is 0 Å². The first-order valence-corrected chi connectivity index (χ1v) is 13.5. The Labute approximate surface area is 221 Å². The first kappa shape index (κ1) is 31.9. The van der Waals surface area contributed by atoms with Crippen LogP contribution in [0.4, 0.5) is 0 Å². The molecule has 0 heterocycles. The van der Waals surface area contributed by atoms with Gasteiger partial charge in [0, 0.05) is 6.42 Å². The van der Waals surface area contributed by atoms with Crippen LogP contribution in [0, 0.1) is 5.92 Å². The highest BCUT2D eigenvalue weighted by Gasteiger charge is 2.30. The Kier molecular flexibility index (Phi) is 14.3. The van der Waals surface area contributed by atoms with Crippen LogP contribution in [-0.2, 0) is 30.4 Å². The van der Waals surface area contributed by atoms with Crippen LogP contribution < -0.4 is 21.7 Å². The van der Waals surface area contributed by atoms with E-state index in [1.165, 1.54) is 11.8 Å². The number of nitrogens with one attached hydrogen (secondary N) is 3. The van der Waals surface area contributed by atoms with E-state index in [0.29, 0.717) is 12.2 Å². The van der Waals surface area contributed by atoms with E-state index < -0.39 is 60.2 Å². The van der Waals surface area contributed by atoms with Crippen molar-refractivity contribution >= 4 is 41.4 Å². The van der Waals surface area contributed by atoms with Gasteiger partial charge in [0.05, 0.1) is 6.04 Å². The van der Waals surface area contributed by atoms with Crippen LogP contribution in [0.5, 0.6) is 0 Å². The molecule has 0 aliphatic heterocycles. The lowest BCUT2D eigenvalue weighted by Gasteiger charge is -2.26. The van der Waals surface area contributed by atoms with Crippen molar-refractivity contribution in [1.29, 1.82) is 0 Å². The van der Waals surface area contributed by atoms with Crippen molar-refractivity contribution < 1.29 is 34.2 Å². The summed E-state index contributed by atoms with van der Waals surface area (Å²) in [6.45, 7) is 3.77. The third-order valence-electron chi connectivity index (χ3n) is 5.48. The van der Waals surface area contributed by atoms with Crippen molar-refractivity contribution in [3.8, 4) is 0 Å². The van der Waals surface area contributed by atoms with Crippen molar-refractivity contribution in [2.75, 3.05) is 12.0 Å². The first-order chi connectivity index (χ1) is 17.4. The molecular weight excluding hydrogens is 500 g/mol. The van der Waals surface area contributed by atoms with Crippen molar-refractivity contribution in [3.63, 3.8) is 0 Å². The summed E-state index contributed by atoms with van der Waals surface area (Å²) >= 11 is 1.44. The SMILES string of the molecule is CSCCC(NC(=O)C(CC(C)C)NC(=O)C(N)Cc1ccccc1)C(=O)NC(CCC(=O)O)C(=O)O. The Morgan fingerprint density at radius 3 is 1.97 bits per heavy atom. The lowest BCUT2D eigenvalue weighted by molar-refractivity contribution is -0.143. The Balaban J connectivity index is 2.93. The van der Waals surface area contributed by atoms with Crippen LogP contribution in [-0.4, -0.2) is 76.0 Å². The van der Waals surface area contributed by atoms with Crippen LogP contribution in [0.15, 0.2) is 30.3 Å². The molecule has 206 valence electrons. The number of amides is 3. The molecule has 37 heavy (non-hydrogen) atoms. The molecule has 0 spiro atoms. The smallest absolute Gasteiger partial charge is 0.326 e. The second-order valence-corrected chi connectivity index (χ2v) is 10.1. The normalized spacial score (nSPS) is 14.2. The molecule has 0 radical (unpaired) electrons. The number of benzene rings is 1. The largest absolute Gasteiger partial charge is 0.481 e. The molecule has 1 aromatic carbocycles. The van der Waals surface area contributed by atoms with Crippen LogP contribution in [0.2, 0.25) is 0 Å². The summed E-state index contributed by atoms with van der Waals surface area (Å²) in [6.07, 6.45) is 1.87. The molecule has 0 aliphatic rings. The number of rotatable bonds is 17. The van der Waals surface area contributed by atoms with E-state index in [-0.39, 0.29) is 25.2 Å². The molecule has 4 atom stereocenters. The number of carboxylic acids is 2. The van der Waals surface area contributed by atoms with E-state index in [9.17, 15) is 29.1 Å². The van der Waals surface area contributed by atoms with E-state index in [1.54, 1.807) is 0 Å². The summed E-state index contributed by atoms with van der Waals surface area (Å²) in [5.41, 5.74) is 6.94. The summed E-state index contributed by atoms with van der Waals surface area (Å²) < 4.78 is 0. The Bertz CT molecular complexity index is 914. The maximum absolute atomic E-state index is 13.2. The minimum atomic E-state index is -1.42. The fourth-order valence-corrected chi connectivity index (χ4v) is 3.99. The van der Waals surface area contributed by atoms with Gasteiger partial charge in [0.1, 0.15) is 18.1 Å². The van der Waals surface area contributed by atoms with Gasteiger partial charge in [0.25, 0.3) is 0 Å². The van der Waals surface area contributed by atoms with Crippen molar-refractivity contribution in [2.24, 2.45) is 11.7 Å². The van der Waals surface area contributed by atoms with E-state index in [4.69, 9.17) is 10.8 Å². The fourth-order valence-electron chi connectivity index (χ4n) is 3.52. The molecule has 4 unspecified atom stereocenters. The zero-order chi connectivity index (χ0) is 28.0. The number of hydrogen-bond acceptors (Lipinski definition) is 7.